The average Bonchev–Trinajstić information content (AvgIpc) is 2.67. The maximum atomic E-state index is 12.4. The number of nitriles is 1. The number of nitrogens with zero attached hydrogens (tertiary/aromatic N) is 2. The van der Waals surface area contributed by atoms with Gasteiger partial charge in [0.2, 0.25) is 0 Å². The zero-order chi connectivity index (χ0) is 18.9. The lowest BCUT2D eigenvalue weighted by atomic mass is 10.1. The topological polar surface area (TPSA) is 85.5 Å². The lowest BCUT2D eigenvalue weighted by Crippen LogP contribution is -2.27. The zero-order valence-electron chi connectivity index (χ0n) is 14.2. The summed E-state index contributed by atoms with van der Waals surface area (Å²) in [6.45, 7) is 2.41. The van der Waals surface area contributed by atoms with E-state index < -0.39 is 5.91 Å². The van der Waals surface area contributed by atoms with E-state index in [0.29, 0.717) is 28.4 Å². The molecule has 1 amide bonds. The van der Waals surface area contributed by atoms with Crippen molar-refractivity contribution in [1.82, 2.24) is 5.32 Å². The molecule has 0 spiro atoms. The summed E-state index contributed by atoms with van der Waals surface area (Å²) in [6.07, 6.45) is 2.06. The quantitative estimate of drug-likeness (QED) is 0.450. The van der Waals surface area contributed by atoms with Crippen LogP contribution in [0.4, 0.5) is 5.69 Å². The Balaban J connectivity index is 2.42. The standard InChI is InChI=1S/C20H18ClN3O2/c1-2-11-23-20(26)17(19(25)16-5-3-4-6-18(16)21)13-24-15-9-7-14(12-22)8-10-15/h3-10,13,25H,2,11H2,1H3,(H,23,26)/b19-17+,24-13?. The van der Waals surface area contributed by atoms with Gasteiger partial charge in [0.15, 0.2) is 0 Å². The van der Waals surface area contributed by atoms with Crippen LogP contribution < -0.4 is 5.32 Å². The number of benzene rings is 2. The van der Waals surface area contributed by atoms with Crippen LogP contribution in [-0.2, 0) is 4.79 Å². The van der Waals surface area contributed by atoms with Crippen LogP contribution in [0, 0.1) is 11.3 Å². The number of aliphatic hydroxyl groups excluding tert-OH is 1. The number of carbonyl (C=O) groups excluding carboxylic acids is 1. The number of halogens is 1. The van der Waals surface area contributed by atoms with Crippen LogP contribution in [-0.4, -0.2) is 23.8 Å². The monoisotopic (exact) mass is 367 g/mol. The van der Waals surface area contributed by atoms with Crippen molar-refractivity contribution >= 4 is 35.2 Å². The van der Waals surface area contributed by atoms with Gasteiger partial charge in [-0.15, -0.1) is 0 Å². The first-order chi connectivity index (χ1) is 12.6. The number of nitrogens with one attached hydrogen (secondary N) is 1. The molecule has 0 heterocycles. The van der Waals surface area contributed by atoms with E-state index in [1.54, 1.807) is 48.5 Å². The molecule has 0 atom stereocenters. The Morgan fingerprint density at radius 3 is 2.58 bits per heavy atom. The zero-order valence-corrected chi connectivity index (χ0v) is 15.0. The molecule has 6 heteroatoms. The van der Waals surface area contributed by atoms with E-state index in [4.69, 9.17) is 16.9 Å². The largest absolute Gasteiger partial charge is 0.506 e. The van der Waals surface area contributed by atoms with Gasteiger partial charge in [-0.25, -0.2) is 0 Å². The van der Waals surface area contributed by atoms with Crippen LogP contribution in [0.1, 0.15) is 24.5 Å². The van der Waals surface area contributed by atoms with E-state index >= 15 is 0 Å². The van der Waals surface area contributed by atoms with Gasteiger partial charge in [-0.3, -0.25) is 9.79 Å². The molecule has 0 saturated carbocycles. The Morgan fingerprint density at radius 2 is 1.96 bits per heavy atom. The fraction of sp³-hybridized carbons (Fsp3) is 0.150. The molecule has 5 nitrogen and oxygen atoms in total. The molecule has 0 aliphatic rings. The van der Waals surface area contributed by atoms with Gasteiger partial charge in [0.25, 0.3) is 5.91 Å². The Bertz CT molecular complexity index is 881. The van der Waals surface area contributed by atoms with Crippen molar-refractivity contribution in [1.29, 1.82) is 5.26 Å². The molecule has 0 radical (unpaired) electrons. The number of hydrogen-bond acceptors (Lipinski definition) is 4. The molecule has 2 aromatic rings. The molecule has 2 rings (SSSR count). The first-order valence-electron chi connectivity index (χ1n) is 8.07. The molecule has 0 unspecified atom stereocenters. The molecule has 0 aromatic heterocycles. The van der Waals surface area contributed by atoms with E-state index in [9.17, 15) is 9.90 Å². The molecule has 2 N–H and O–H groups in total. The highest BCUT2D eigenvalue weighted by Crippen LogP contribution is 2.24. The van der Waals surface area contributed by atoms with Crippen molar-refractivity contribution in [2.24, 2.45) is 4.99 Å². The van der Waals surface area contributed by atoms with Crippen LogP contribution in [0.5, 0.6) is 0 Å². The predicted molar refractivity (Wildman–Crippen MR) is 104 cm³/mol. The smallest absolute Gasteiger partial charge is 0.256 e. The highest BCUT2D eigenvalue weighted by Gasteiger charge is 2.16. The molecule has 0 saturated heterocycles. The predicted octanol–water partition coefficient (Wildman–Crippen LogP) is 4.41. The Morgan fingerprint density at radius 1 is 1.27 bits per heavy atom. The number of rotatable bonds is 6. The van der Waals surface area contributed by atoms with Gasteiger partial charge in [0, 0.05) is 18.3 Å². The van der Waals surface area contributed by atoms with E-state index in [1.165, 1.54) is 6.21 Å². The van der Waals surface area contributed by atoms with E-state index in [1.807, 2.05) is 13.0 Å². The van der Waals surface area contributed by atoms with Crippen molar-refractivity contribution < 1.29 is 9.90 Å². The molecule has 132 valence electrons. The average molecular weight is 368 g/mol. The normalized spacial score (nSPS) is 11.7. The highest BCUT2D eigenvalue weighted by atomic mass is 35.5. The summed E-state index contributed by atoms with van der Waals surface area (Å²) in [5.74, 6) is -0.691. The molecule has 0 aliphatic carbocycles. The summed E-state index contributed by atoms with van der Waals surface area (Å²) < 4.78 is 0. The van der Waals surface area contributed by atoms with Crippen LogP contribution in [0.25, 0.3) is 5.76 Å². The number of hydrogen-bond donors (Lipinski definition) is 2. The number of carbonyl (C=O) groups is 1. The van der Waals surface area contributed by atoms with Crippen molar-refractivity contribution in [3.05, 3.63) is 70.3 Å². The summed E-state index contributed by atoms with van der Waals surface area (Å²) in [5.41, 5.74) is 1.43. The third kappa shape index (κ3) is 4.95. The molecule has 2 aromatic carbocycles. The first-order valence-corrected chi connectivity index (χ1v) is 8.45. The van der Waals surface area contributed by atoms with Crippen molar-refractivity contribution in [2.45, 2.75) is 13.3 Å². The van der Waals surface area contributed by atoms with Gasteiger partial charge < -0.3 is 10.4 Å². The van der Waals surface area contributed by atoms with Gasteiger partial charge in [-0.05, 0) is 42.8 Å². The molecular weight excluding hydrogens is 350 g/mol. The first kappa shape index (κ1) is 19.2. The summed E-state index contributed by atoms with van der Waals surface area (Å²) in [4.78, 5) is 16.7. The van der Waals surface area contributed by atoms with Gasteiger partial charge in [0.1, 0.15) is 5.76 Å². The molecule has 0 bridgehead atoms. The summed E-state index contributed by atoms with van der Waals surface area (Å²) in [5, 5.41) is 22.5. The van der Waals surface area contributed by atoms with Crippen LogP contribution in [0.3, 0.4) is 0 Å². The van der Waals surface area contributed by atoms with Crippen molar-refractivity contribution in [2.75, 3.05) is 6.54 Å². The SMILES string of the molecule is CCCNC(=O)/C(C=Nc1ccc(C#N)cc1)=C(/O)c1ccccc1Cl. The fourth-order valence-corrected chi connectivity index (χ4v) is 2.35. The van der Waals surface area contributed by atoms with Gasteiger partial charge in [0.05, 0.1) is 27.9 Å². The van der Waals surface area contributed by atoms with E-state index in [-0.39, 0.29) is 11.3 Å². The Kier molecular flexibility index (Phi) is 6.95. The molecule has 0 fully saturated rings. The molecule has 0 aliphatic heterocycles. The van der Waals surface area contributed by atoms with Gasteiger partial charge >= 0.3 is 0 Å². The lowest BCUT2D eigenvalue weighted by molar-refractivity contribution is -0.116. The van der Waals surface area contributed by atoms with Crippen LogP contribution in [0.15, 0.2) is 59.1 Å². The number of amides is 1. The van der Waals surface area contributed by atoms with Crippen molar-refractivity contribution in [3.8, 4) is 6.07 Å². The Hall–Kier alpha value is -3.10. The number of aliphatic hydroxyl groups is 1. The van der Waals surface area contributed by atoms with Gasteiger partial charge in [-0.1, -0.05) is 30.7 Å². The number of aliphatic imine (C=N–C) groups is 1. The lowest BCUT2D eigenvalue weighted by Gasteiger charge is -2.09. The maximum Gasteiger partial charge on any atom is 0.256 e. The minimum absolute atomic E-state index is 0.0101. The highest BCUT2D eigenvalue weighted by molar-refractivity contribution is 6.32. The third-order valence-electron chi connectivity index (χ3n) is 3.50. The maximum absolute atomic E-state index is 12.4. The summed E-state index contributed by atoms with van der Waals surface area (Å²) in [7, 11) is 0. The second kappa shape index (κ2) is 9.40. The summed E-state index contributed by atoms with van der Waals surface area (Å²) in [6, 6.07) is 15.3. The van der Waals surface area contributed by atoms with Crippen molar-refractivity contribution in [3.63, 3.8) is 0 Å². The van der Waals surface area contributed by atoms with Crippen LogP contribution >= 0.6 is 11.6 Å². The van der Waals surface area contributed by atoms with Crippen LogP contribution in [0.2, 0.25) is 5.02 Å². The summed E-state index contributed by atoms with van der Waals surface area (Å²) >= 11 is 6.12. The van der Waals surface area contributed by atoms with E-state index in [0.717, 1.165) is 6.42 Å². The third-order valence-corrected chi connectivity index (χ3v) is 3.83. The second-order valence-corrected chi connectivity index (χ2v) is 5.82. The minimum atomic E-state index is -0.443. The fourth-order valence-electron chi connectivity index (χ4n) is 2.12. The van der Waals surface area contributed by atoms with E-state index in [2.05, 4.69) is 10.3 Å². The van der Waals surface area contributed by atoms with Gasteiger partial charge in [-0.2, -0.15) is 5.26 Å². The Labute approximate surface area is 157 Å². The minimum Gasteiger partial charge on any atom is -0.506 e. The molecule has 26 heavy (non-hydrogen) atoms. The second-order valence-electron chi connectivity index (χ2n) is 5.41. The molecular formula is C20H18ClN3O2.